The predicted octanol–water partition coefficient (Wildman–Crippen LogP) is 5.25. The third-order valence-corrected chi connectivity index (χ3v) is 5.53. The topological polar surface area (TPSA) is 51.2 Å². The van der Waals surface area contributed by atoms with Crippen LogP contribution in [0.2, 0.25) is 0 Å². The van der Waals surface area contributed by atoms with Gasteiger partial charge in [0.1, 0.15) is 5.75 Å². The van der Waals surface area contributed by atoms with Gasteiger partial charge in [0.15, 0.2) is 5.13 Å². The van der Waals surface area contributed by atoms with Gasteiger partial charge in [0, 0.05) is 28.0 Å². The van der Waals surface area contributed by atoms with E-state index in [0.29, 0.717) is 11.6 Å². The number of aromatic nitrogens is 1. The molecular weight excluding hydrogens is 364 g/mol. The molecular formula is C20H20N2O2S2. The maximum atomic E-state index is 12.1. The minimum atomic E-state index is -0.0137. The highest BCUT2D eigenvalue weighted by molar-refractivity contribution is 7.99. The van der Waals surface area contributed by atoms with Gasteiger partial charge in [0.05, 0.1) is 12.8 Å². The fraction of sp³-hybridized carbons (Fsp3) is 0.200. The summed E-state index contributed by atoms with van der Waals surface area (Å²) in [5.74, 6) is 1.54. The number of rotatable bonds is 7. The fourth-order valence-electron chi connectivity index (χ4n) is 2.30. The molecule has 0 aliphatic rings. The van der Waals surface area contributed by atoms with Gasteiger partial charge in [-0.25, -0.2) is 4.98 Å². The van der Waals surface area contributed by atoms with Crippen molar-refractivity contribution in [1.29, 1.82) is 0 Å². The SMILES string of the molecule is COc1ccc(-c2csc(NC(=O)CCSc3ccc(C)cc3)n2)cc1. The summed E-state index contributed by atoms with van der Waals surface area (Å²) in [6.45, 7) is 2.07. The highest BCUT2D eigenvalue weighted by Gasteiger charge is 2.08. The lowest BCUT2D eigenvalue weighted by molar-refractivity contribution is -0.115. The Balaban J connectivity index is 1.50. The monoisotopic (exact) mass is 384 g/mol. The van der Waals surface area contributed by atoms with E-state index in [4.69, 9.17) is 4.74 Å². The van der Waals surface area contributed by atoms with E-state index in [1.54, 1.807) is 18.9 Å². The van der Waals surface area contributed by atoms with E-state index in [1.807, 2.05) is 29.6 Å². The van der Waals surface area contributed by atoms with Gasteiger partial charge in [-0.3, -0.25) is 4.79 Å². The number of thioether (sulfide) groups is 1. The van der Waals surface area contributed by atoms with Crippen LogP contribution in [0.25, 0.3) is 11.3 Å². The Bertz CT molecular complexity index is 858. The van der Waals surface area contributed by atoms with E-state index in [9.17, 15) is 4.79 Å². The van der Waals surface area contributed by atoms with E-state index in [-0.39, 0.29) is 5.91 Å². The Hall–Kier alpha value is -2.31. The molecule has 0 fully saturated rings. The first-order valence-corrected chi connectivity index (χ1v) is 10.1. The number of anilines is 1. The van der Waals surface area contributed by atoms with Crippen molar-refractivity contribution in [2.75, 3.05) is 18.2 Å². The number of aryl methyl sites for hydroxylation is 1. The molecule has 0 aliphatic heterocycles. The van der Waals surface area contributed by atoms with Crippen LogP contribution >= 0.6 is 23.1 Å². The number of thiazole rings is 1. The molecule has 0 aliphatic carbocycles. The van der Waals surface area contributed by atoms with Crippen LogP contribution in [0.5, 0.6) is 5.75 Å². The zero-order valence-corrected chi connectivity index (χ0v) is 16.3. The highest BCUT2D eigenvalue weighted by atomic mass is 32.2. The van der Waals surface area contributed by atoms with Crippen molar-refractivity contribution in [1.82, 2.24) is 4.98 Å². The molecule has 0 saturated carbocycles. The first kappa shape index (κ1) is 18.5. The molecule has 0 atom stereocenters. The number of ether oxygens (including phenoxy) is 1. The van der Waals surface area contributed by atoms with Crippen LogP contribution in [0.4, 0.5) is 5.13 Å². The summed E-state index contributed by atoms with van der Waals surface area (Å²) in [7, 11) is 1.64. The van der Waals surface area contributed by atoms with Crippen LogP contribution in [0, 0.1) is 6.92 Å². The lowest BCUT2D eigenvalue weighted by atomic mass is 10.2. The van der Waals surface area contributed by atoms with Gasteiger partial charge in [-0.05, 0) is 43.3 Å². The number of hydrogen-bond acceptors (Lipinski definition) is 5. The number of carbonyl (C=O) groups is 1. The maximum absolute atomic E-state index is 12.1. The summed E-state index contributed by atoms with van der Waals surface area (Å²) in [5.41, 5.74) is 3.09. The number of benzene rings is 2. The average molecular weight is 385 g/mol. The molecule has 2 aromatic carbocycles. The van der Waals surface area contributed by atoms with Crippen LogP contribution in [-0.4, -0.2) is 23.8 Å². The summed E-state index contributed by atoms with van der Waals surface area (Å²) in [6, 6.07) is 16.0. The number of amides is 1. The third kappa shape index (κ3) is 5.09. The molecule has 0 saturated heterocycles. The van der Waals surface area contributed by atoms with E-state index < -0.39 is 0 Å². The molecule has 1 aromatic heterocycles. The quantitative estimate of drug-likeness (QED) is 0.565. The molecule has 1 heterocycles. The second kappa shape index (κ2) is 8.87. The third-order valence-electron chi connectivity index (χ3n) is 3.76. The normalized spacial score (nSPS) is 10.5. The lowest BCUT2D eigenvalue weighted by Crippen LogP contribution is -2.11. The Morgan fingerprint density at radius 1 is 1.15 bits per heavy atom. The Kier molecular flexibility index (Phi) is 6.30. The Labute approximate surface area is 161 Å². The molecule has 3 rings (SSSR count). The van der Waals surface area contributed by atoms with Crippen molar-refractivity contribution in [3.63, 3.8) is 0 Å². The second-order valence-electron chi connectivity index (χ2n) is 5.73. The summed E-state index contributed by atoms with van der Waals surface area (Å²) in [4.78, 5) is 17.8. The highest BCUT2D eigenvalue weighted by Crippen LogP contribution is 2.26. The van der Waals surface area contributed by atoms with E-state index >= 15 is 0 Å². The van der Waals surface area contributed by atoms with E-state index in [1.165, 1.54) is 21.8 Å². The standard InChI is InChI=1S/C20H20N2O2S2/c1-14-3-9-17(10-4-14)25-12-11-19(23)22-20-21-18(13-26-20)15-5-7-16(24-2)8-6-15/h3-10,13H,11-12H2,1-2H3,(H,21,22,23). The van der Waals surface area contributed by atoms with Crippen LogP contribution < -0.4 is 10.1 Å². The molecule has 1 amide bonds. The van der Waals surface area contributed by atoms with Crippen LogP contribution in [0.3, 0.4) is 0 Å². The van der Waals surface area contributed by atoms with Crippen LogP contribution in [-0.2, 0) is 4.79 Å². The molecule has 26 heavy (non-hydrogen) atoms. The zero-order valence-electron chi connectivity index (χ0n) is 14.7. The second-order valence-corrected chi connectivity index (χ2v) is 7.75. The van der Waals surface area contributed by atoms with Crippen molar-refractivity contribution in [3.05, 3.63) is 59.5 Å². The average Bonchev–Trinajstić information content (AvgIpc) is 3.12. The minimum absolute atomic E-state index is 0.0137. The van der Waals surface area contributed by atoms with Gasteiger partial charge in [-0.1, -0.05) is 17.7 Å². The van der Waals surface area contributed by atoms with Gasteiger partial charge in [-0.15, -0.1) is 23.1 Å². The fourth-order valence-corrected chi connectivity index (χ4v) is 3.89. The number of methoxy groups -OCH3 is 1. The number of hydrogen-bond donors (Lipinski definition) is 1. The molecule has 0 radical (unpaired) electrons. The van der Waals surface area contributed by atoms with Crippen LogP contribution in [0.15, 0.2) is 58.8 Å². The van der Waals surface area contributed by atoms with Crippen molar-refractivity contribution in [3.8, 4) is 17.0 Å². The van der Waals surface area contributed by atoms with Gasteiger partial charge in [0.2, 0.25) is 5.91 Å². The Morgan fingerprint density at radius 2 is 1.88 bits per heavy atom. The number of nitrogens with one attached hydrogen (secondary N) is 1. The van der Waals surface area contributed by atoms with E-state index in [0.717, 1.165) is 22.8 Å². The van der Waals surface area contributed by atoms with Crippen molar-refractivity contribution < 1.29 is 9.53 Å². The first-order valence-electron chi connectivity index (χ1n) is 8.23. The van der Waals surface area contributed by atoms with Gasteiger partial charge < -0.3 is 10.1 Å². The summed E-state index contributed by atoms with van der Waals surface area (Å²) in [6.07, 6.45) is 0.454. The summed E-state index contributed by atoms with van der Waals surface area (Å²) >= 11 is 3.12. The van der Waals surface area contributed by atoms with Gasteiger partial charge >= 0.3 is 0 Å². The zero-order chi connectivity index (χ0) is 18.4. The number of carbonyl (C=O) groups excluding carboxylic acids is 1. The minimum Gasteiger partial charge on any atom is -0.497 e. The predicted molar refractivity (Wildman–Crippen MR) is 109 cm³/mol. The molecule has 1 N–H and O–H groups in total. The van der Waals surface area contributed by atoms with Gasteiger partial charge in [0.25, 0.3) is 0 Å². The molecule has 134 valence electrons. The first-order chi connectivity index (χ1) is 12.6. The smallest absolute Gasteiger partial charge is 0.226 e. The molecule has 0 spiro atoms. The molecule has 3 aromatic rings. The molecule has 0 bridgehead atoms. The summed E-state index contributed by atoms with van der Waals surface area (Å²) < 4.78 is 5.16. The lowest BCUT2D eigenvalue weighted by Gasteiger charge is -2.03. The van der Waals surface area contributed by atoms with Crippen LogP contribution in [0.1, 0.15) is 12.0 Å². The largest absolute Gasteiger partial charge is 0.497 e. The number of nitrogens with zero attached hydrogens (tertiary/aromatic N) is 1. The van der Waals surface area contributed by atoms with E-state index in [2.05, 4.69) is 41.5 Å². The Morgan fingerprint density at radius 3 is 2.58 bits per heavy atom. The summed E-state index contributed by atoms with van der Waals surface area (Å²) in [5, 5.41) is 5.45. The molecule has 6 heteroatoms. The molecule has 0 unspecified atom stereocenters. The maximum Gasteiger partial charge on any atom is 0.226 e. The van der Waals surface area contributed by atoms with Crippen molar-refractivity contribution in [2.45, 2.75) is 18.2 Å². The molecule has 4 nitrogen and oxygen atoms in total. The van der Waals surface area contributed by atoms with Gasteiger partial charge in [-0.2, -0.15) is 0 Å². The van der Waals surface area contributed by atoms with Crippen molar-refractivity contribution in [2.24, 2.45) is 0 Å². The van der Waals surface area contributed by atoms with Crippen molar-refractivity contribution >= 4 is 34.1 Å².